The fraction of sp³-hybridized carbons (Fsp3) is 0. The van der Waals surface area contributed by atoms with Crippen molar-refractivity contribution in [3.05, 3.63) is 126 Å². The Morgan fingerprint density at radius 2 is 1.13 bits per heavy atom. The second-order valence-electron chi connectivity index (χ2n) is 7.17. The normalized spacial score (nSPS) is 15.1. The summed E-state index contributed by atoms with van der Waals surface area (Å²) in [5, 5.41) is 5.45. The van der Waals surface area contributed by atoms with Gasteiger partial charge in [-0.3, -0.25) is 4.57 Å². The van der Waals surface area contributed by atoms with Gasteiger partial charge in [0.2, 0.25) is 7.29 Å². The van der Waals surface area contributed by atoms with E-state index in [0.717, 1.165) is 27.6 Å². The van der Waals surface area contributed by atoms with Crippen LogP contribution in [-0.4, -0.2) is 0 Å². The van der Waals surface area contributed by atoms with Crippen LogP contribution < -0.4 is 5.09 Å². The van der Waals surface area contributed by atoms with Crippen molar-refractivity contribution >= 4 is 35.3 Å². The van der Waals surface area contributed by atoms with Crippen LogP contribution in [0.25, 0.3) is 22.3 Å². The molecule has 4 heteroatoms. The first-order valence-electron chi connectivity index (χ1n) is 9.80. The lowest BCUT2D eigenvalue weighted by Gasteiger charge is -2.24. The van der Waals surface area contributed by atoms with Gasteiger partial charge in [-0.1, -0.05) is 97.1 Å². The van der Waals surface area contributed by atoms with Crippen molar-refractivity contribution in [3.63, 3.8) is 0 Å². The molecule has 0 atom stereocenters. The Morgan fingerprint density at radius 3 is 1.77 bits per heavy atom. The van der Waals surface area contributed by atoms with Crippen LogP contribution >= 0.6 is 7.29 Å². The number of nitrogens with one attached hydrogen (secondary N) is 1. The van der Waals surface area contributed by atoms with E-state index < -0.39 is 7.29 Å². The van der Waals surface area contributed by atoms with Crippen molar-refractivity contribution in [2.45, 2.75) is 0 Å². The third-order valence-electron chi connectivity index (χ3n) is 5.04. The van der Waals surface area contributed by atoms with Gasteiger partial charge < -0.3 is 9.82 Å². The number of anilines is 1. The first kappa shape index (κ1) is 18.5. The van der Waals surface area contributed by atoms with Gasteiger partial charge in [-0.05, 0) is 11.5 Å². The Bertz CT molecular complexity index is 1250. The van der Waals surface area contributed by atoms with Crippen molar-refractivity contribution in [1.29, 1.82) is 0 Å². The second-order valence-corrected chi connectivity index (χ2v) is 9.33. The summed E-state index contributed by atoms with van der Waals surface area (Å²) in [5.74, 6) is 4.62. The third-order valence-corrected chi connectivity index (χ3v) is 6.87. The van der Waals surface area contributed by atoms with Gasteiger partial charge in [0.25, 0.3) is 0 Å². The van der Waals surface area contributed by atoms with E-state index in [1.807, 2.05) is 91.0 Å². The Labute approximate surface area is 175 Å². The van der Waals surface area contributed by atoms with Crippen LogP contribution in [-0.2, 0) is 9.30 Å². The smallest absolute Gasteiger partial charge is 0.220 e. The summed E-state index contributed by atoms with van der Waals surface area (Å²) in [4.78, 5) is 0. The molecule has 4 aromatic rings. The van der Waals surface area contributed by atoms with E-state index in [1.54, 1.807) is 11.6 Å². The minimum absolute atomic E-state index is 0.591. The van der Waals surface area contributed by atoms with E-state index in [2.05, 4.69) is 17.2 Å². The van der Waals surface area contributed by atoms with Crippen LogP contribution in [0.4, 0.5) is 5.69 Å². The van der Waals surface area contributed by atoms with Gasteiger partial charge in [0, 0.05) is 33.8 Å². The number of benzene rings is 4. The molecule has 4 aromatic carbocycles. The highest BCUT2D eigenvalue weighted by Gasteiger charge is 2.27. The lowest BCUT2D eigenvalue weighted by molar-refractivity contribution is 0.469. The zero-order valence-corrected chi connectivity index (χ0v) is 17.1. The number of hydrogen-bond donors (Lipinski definition) is 1. The van der Waals surface area contributed by atoms with Crippen LogP contribution in [0, 0.1) is 0 Å². The summed E-state index contributed by atoms with van der Waals surface area (Å²) in [5.41, 5.74) is 2.61. The highest BCUT2D eigenvalue weighted by molar-refractivity contribution is 7.72. The summed E-state index contributed by atoms with van der Waals surface area (Å²) in [6.07, 6.45) is 0. The predicted octanol–water partition coefficient (Wildman–Crippen LogP) is 7.56. The summed E-state index contributed by atoms with van der Waals surface area (Å²) >= 11 is 0. The van der Waals surface area contributed by atoms with Gasteiger partial charge in [0.1, 0.15) is 11.5 Å². The maximum absolute atomic E-state index is 14.1. The molecule has 1 N–H and O–H groups in total. The Hall–Kier alpha value is -3.55. The molecule has 0 spiro atoms. The van der Waals surface area contributed by atoms with Crippen LogP contribution in [0.3, 0.4) is 0 Å². The zero-order chi connectivity index (χ0) is 20.4. The lowest BCUT2D eigenvalue weighted by atomic mass is 10.1. The molecule has 0 saturated carbocycles. The summed E-state index contributed by atoms with van der Waals surface area (Å²) < 4.78 is 20.3. The highest BCUT2D eigenvalue weighted by atomic mass is 31.2. The highest BCUT2D eigenvalue weighted by Crippen LogP contribution is 2.56. The van der Waals surface area contributed by atoms with E-state index in [-0.39, 0.29) is 0 Å². The van der Waals surface area contributed by atoms with E-state index in [1.165, 1.54) is 0 Å². The Morgan fingerprint density at radius 1 is 0.600 bits per heavy atom. The molecule has 0 bridgehead atoms. The molecule has 1 aliphatic rings. The molecule has 1 heterocycles. The molecule has 0 fully saturated rings. The number of ether oxygens (including phenoxy) is 1. The van der Waals surface area contributed by atoms with Crippen molar-refractivity contribution < 1.29 is 9.30 Å². The van der Waals surface area contributed by atoms with Crippen molar-refractivity contribution in [2.75, 3.05) is 5.09 Å². The quantitative estimate of drug-likeness (QED) is 0.354. The van der Waals surface area contributed by atoms with E-state index in [0.29, 0.717) is 11.5 Å². The van der Waals surface area contributed by atoms with Crippen LogP contribution in [0.15, 0.2) is 115 Å². The minimum atomic E-state index is -3.08. The molecule has 0 aromatic heterocycles. The fourth-order valence-corrected chi connectivity index (χ4v) is 5.48. The Kier molecular flexibility index (Phi) is 4.74. The molecule has 3 nitrogen and oxygen atoms in total. The number of hydrogen-bond acceptors (Lipinski definition) is 2. The van der Waals surface area contributed by atoms with Crippen LogP contribution in [0.1, 0.15) is 11.1 Å². The standard InChI is InChI=1S/C26H20NO2P/c28-30(27-24-17-9-15-20-10-7-8-16-23(20)24)18-25(21-11-3-1-4-12-21)29-26(19-30)22-13-5-2-6-14-22/h1-19H,(H,27,28). The van der Waals surface area contributed by atoms with Crippen molar-refractivity contribution in [1.82, 2.24) is 0 Å². The van der Waals surface area contributed by atoms with Gasteiger partial charge in [-0.25, -0.2) is 0 Å². The van der Waals surface area contributed by atoms with Gasteiger partial charge in [-0.15, -0.1) is 0 Å². The third kappa shape index (κ3) is 3.68. The van der Waals surface area contributed by atoms with Gasteiger partial charge in [-0.2, -0.15) is 0 Å². The van der Waals surface area contributed by atoms with Gasteiger partial charge in [0.15, 0.2) is 0 Å². The largest absolute Gasteiger partial charge is 0.456 e. The molecule has 30 heavy (non-hydrogen) atoms. The van der Waals surface area contributed by atoms with Crippen molar-refractivity contribution in [2.24, 2.45) is 0 Å². The lowest BCUT2D eigenvalue weighted by Crippen LogP contribution is -2.03. The zero-order valence-electron chi connectivity index (χ0n) is 16.2. The van der Waals surface area contributed by atoms with Crippen LogP contribution in [0.2, 0.25) is 0 Å². The average Bonchev–Trinajstić information content (AvgIpc) is 2.80. The van der Waals surface area contributed by atoms with E-state index >= 15 is 0 Å². The fourth-order valence-electron chi connectivity index (χ4n) is 3.60. The summed E-state index contributed by atoms with van der Waals surface area (Å²) in [6, 6.07) is 33.6. The number of rotatable bonds is 4. The molecule has 0 aliphatic carbocycles. The van der Waals surface area contributed by atoms with E-state index in [4.69, 9.17) is 4.74 Å². The maximum atomic E-state index is 14.1. The van der Waals surface area contributed by atoms with Crippen LogP contribution in [0.5, 0.6) is 0 Å². The topological polar surface area (TPSA) is 38.3 Å². The molecule has 146 valence electrons. The molecule has 0 saturated heterocycles. The first-order chi connectivity index (χ1) is 14.7. The predicted molar refractivity (Wildman–Crippen MR) is 125 cm³/mol. The van der Waals surface area contributed by atoms with Crippen molar-refractivity contribution in [3.8, 4) is 0 Å². The molecule has 1 aliphatic heterocycles. The molecular weight excluding hydrogens is 389 g/mol. The first-order valence-corrected chi connectivity index (χ1v) is 11.6. The van der Waals surface area contributed by atoms with Gasteiger partial charge >= 0.3 is 0 Å². The molecule has 0 unspecified atom stereocenters. The molecular formula is C26H20NO2P. The Balaban J connectivity index is 1.62. The molecule has 5 rings (SSSR count). The second kappa shape index (κ2) is 7.70. The molecule has 0 amide bonds. The van der Waals surface area contributed by atoms with Gasteiger partial charge in [0.05, 0.1) is 0 Å². The minimum Gasteiger partial charge on any atom is -0.456 e. The number of fused-ring (bicyclic) bond motifs is 1. The van der Waals surface area contributed by atoms with E-state index in [9.17, 15) is 4.57 Å². The average molecular weight is 409 g/mol. The summed E-state index contributed by atoms with van der Waals surface area (Å²) in [7, 11) is -3.08. The monoisotopic (exact) mass is 409 g/mol. The molecule has 0 radical (unpaired) electrons. The SMILES string of the molecule is O=P1(Nc2cccc3ccccc23)C=C(c2ccccc2)OC(c2ccccc2)=C1. The summed E-state index contributed by atoms with van der Waals surface area (Å²) in [6.45, 7) is 0. The maximum Gasteiger partial charge on any atom is 0.220 e.